The molecule has 0 aromatic heterocycles. The molecule has 5 heteroatoms. The second-order valence-electron chi connectivity index (χ2n) is 6.43. The molecule has 1 aliphatic carbocycles. The van der Waals surface area contributed by atoms with Crippen molar-refractivity contribution in [1.29, 1.82) is 0 Å². The highest BCUT2D eigenvalue weighted by molar-refractivity contribution is 5.93. The Labute approximate surface area is 154 Å². The number of carbonyl (C=O) groups excluding carboxylic acids is 1. The van der Waals surface area contributed by atoms with Crippen LogP contribution in [0, 0.1) is 0 Å². The maximum absolute atomic E-state index is 12.1. The number of benzene rings is 2. The van der Waals surface area contributed by atoms with Gasteiger partial charge in [0.1, 0.15) is 5.75 Å². The van der Waals surface area contributed by atoms with Gasteiger partial charge >= 0.3 is 0 Å². The molecular formula is C21H25N3O2. The summed E-state index contributed by atoms with van der Waals surface area (Å²) in [6.07, 6.45) is 4.35. The van der Waals surface area contributed by atoms with Gasteiger partial charge in [0.05, 0.1) is 13.7 Å². The van der Waals surface area contributed by atoms with Gasteiger partial charge in [0, 0.05) is 17.3 Å². The third-order valence-corrected chi connectivity index (χ3v) is 4.65. The van der Waals surface area contributed by atoms with Gasteiger partial charge in [0.15, 0.2) is 0 Å². The lowest BCUT2D eigenvalue weighted by Gasteiger charge is -2.24. The zero-order valence-corrected chi connectivity index (χ0v) is 15.1. The third kappa shape index (κ3) is 4.85. The molecule has 0 aliphatic heterocycles. The van der Waals surface area contributed by atoms with Crippen molar-refractivity contribution in [1.82, 2.24) is 5.43 Å². The van der Waals surface area contributed by atoms with E-state index in [0.717, 1.165) is 36.4 Å². The summed E-state index contributed by atoms with van der Waals surface area (Å²) < 4.78 is 5.12. The summed E-state index contributed by atoms with van der Waals surface area (Å²) in [4.78, 5) is 12.1. The van der Waals surface area contributed by atoms with E-state index in [1.165, 1.54) is 12.0 Å². The molecule has 0 spiro atoms. The van der Waals surface area contributed by atoms with Crippen LogP contribution < -0.4 is 15.5 Å². The first-order valence-corrected chi connectivity index (χ1v) is 9.04. The molecule has 1 atom stereocenters. The fourth-order valence-corrected chi connectivity index (χ4v) is 3.24. The van der Waals surface area contributed by atoms with Crippen molar-refractivity contribution in [3.8, 4) is 5.75 Å². The standard InChI is InChI=1S/C21H25N3O2/c1-26-18-13-11-17(12-14-18)22-15-21(25)24-23-20-10-6-5-9-19(20)16-7-3-2-4-8-16/h2-4,7-8,11-14,19,22H,5-6,9-10,15H2,1H3,(H,24,25)/b23-20-/t19-/m1/s1. The average molecular weight is 351 g/mol. The van der Waals surface area contributed by atoms with Gasteiger partial charge in [-0.25, -0.2) is 5.43 Å². The van der Waals surface area contributed by atoms with Crippen molar-refractivity contribution >= 4 is 17.3 Å². The normalized spacial score (nSPS) is 18.3. The minimum Gasteiger partial charge on any atom is -0.497 e. The van der Waals surface area contributed by atoms with E-state index in [2.05, 4.69) is 40.1 Å². The molecule has 3 rings (SSSR count). The van der Waals surface area contributed by atoms with Crippen LogP contribution in [0.1, 0.15) is 37.2 Å². The Morgan fingerprint density at radius 2 is 1.88 bits per heavy atom. The van der Waals surface area contributed by atoms with Gasteiger partial charge in [0.25, 0.3) is 5.91 Å². The summed E-state index contributed by atoms with van der Waals surface area (Å²) in [7, 11) is 1.63. The van der Waals surface area contributed by atoms with E-state index in [1.807, 2.05) is 30.3 Å². The Bertz CT molecular complexity index is 742. The molecule has 2 N–H and O–H groups in total. The van der Waals surface area contributed by atoms with Crippen molar-refractivity contribution < 1.29 is 9.53 Å². The van der Waals surface area contributed by atoms with Gasteiger partial charge in [-0.1, -0.05) is 36.8 Å². The van der Waals surface area contributed by atoms with E-state index < -0.39 is 0 Å². The molecule has 26 heavy (non-hydrogen) atoms. The van der Waals surface area contributed by atoms with Gasteiger partial charge in [-0.3, -0.25) is 4.79 Å². The lowest BCUT2D eigenvalue weighted by atomic mass is 9.82. The number of methoxy groups -OCH3 is 1. The maximum Gasteiger partial charge on any atom is 0.259 e. The number of hydrazone groups is 1. The molecule has 0 radical (unpaired) electrons. The number of nitrogens with one attached hydrogen (secondary N) is 2. The summed E-state index contributed by atoms with van der Waals surface area (Å²) in [5.41, 5.74) is 5.92. The van der Waals surface area contributed by atoms with Crippen molar-refractivity contribution in [3.05, 3.63) is 60.2 Å². The molecule has 5 nitrogen and oxygen atoms in total. The highest BCUT2D eigenvalue weighted by atomic mass is 16.5. The lowest BCUT2D eigenvalue weighted by Crippen LogP contribution is -2.29. The Morgan fingerprint density at radius 1 is 1.12 bits per heavy atom. The second-order valence-corrected chi connectivity index (χ2v) is 6.43. The number of amides is 1. The van der Waals surface area contributed by atoms with Gasteiger partial charge in [-0.05, 0) is 49.1 Å². The van der Waals surface area contributed by atoms with E-state index in [0.29, 0.717) is 5.92 Å². The smallest absolute Gasteiger partial charge is 0.259 e. The Hall–Kier alpha value is -2.82. The van der Waals surface area contributed by atoms with Crippen LogP contribution in [0.15, 0.2) is 59.7 Å². The summed E-state index contributed by atoms with van der Waals surface area (Å²) in [5.74, 6) is 0.946. The monoisotopic (exact) mass is 351 g/mol. The molecule has 2 aromatic carbocycles. The number of hydrogen-bond donors (Lipinski definition) is 2. The summed E-state index contributed by atoms with van der Waals surface area (Å²) in [6.45, 7) is 0.180. The van der Waals surface area contributed by atoms with Gasteiger partial charge < -0.3 is 10.1 Å². The molecule has 2 aromatic rings. The Balaban J connectivity index is 1.55. The number of rotatable bonds is 6. The van der Waals surface area contributed by atoms with E-state index >= 15 is 0 Å². The maximum atomic E-state index is 12.1. The first-order valence-electron chi connectivity index (χ1n) is 9.04. The molecule has 0 bridgehead atoms. The zero-order chi connectivity index (χ0) is 18.2. The highest BCUT2D eigenvalue weighted by Gasteiger charge is 2.22. The van der Waals surface area contributed by atoms with Crippen LogP contribution in [0.3, 0.4) is 0 Å². The Morgan fingerprint density at radius 3 is 2.62 bits per heavy atom. The summed E-state index contributed by atoms with van der Waals surface area (Å²) in [5, 5.41) is 7.53. The van der Waals surface area contributed by atoms with E-state index in [-0.39, 0.29) is 12.5 Å². The molecule has 0 saturated heterocycles. The van der Waals surface area contributed by atoms with Crippen LogP contribution in [0.5, 0.6) is 5.75 Å². The first-order chi connectivity index (χ1) is 12.8. The van der Waals surface area contributed by atoms with Crippen molar-refractivity contribution in [2.24, 2.45) is 5.10 Å². The summed E-state index contributed by atoms with van der Waals surface area (Å²) in [6, 6.07) is 17.9. The quantitative estimate of drug-likeness (QED) is 0.775. The van der Waals surface area contributed by atoms with E-state index in [9.17, 15) is 4.79 Å². The fourth-order valence-electron chi connectivity index (χ4n) is 3.24. The lowest BCUT2D eigenvalue weighted by molar-refractivity contribution is -0.119. The summed E-state index contributed by atoms with van der Waals surface area (Å²) >= 11 is 0. The van der Waals surface area contributed by atoms with Crippen molar-refractivity contribution in [2.75, 3.05) is 19.0 Å². The fraction of sp³-hybridized carbons (Fsp3) is 0.333. The molecule has 0 unspecified atom stereocenters. The van der Waals surface area contributed by atoms with Gasteiger partial charge in [0.2, 0.25) is 0 Å². The van der Waals surface area contributed by atoms with Crippen LogP contribution >= 0.6 is 0 Å². The van der Waals surface area contributed by atoms with Gasteiger partial charge in [-0.15, -0.1) is 0 Å². The van der Waals surface area contributed by atoms with Crippen LogP contribution in [0.2, 0.25) is 0 Å². The average Bonchev–Trinajstić information content (AvgIpc) is 2.72. The molecule has 1 saturated carbocycles. The van der Waals surface area contributed by atoms with E-state index in [4.69, 9.17) is 4.74 Å². The molecular weight excluding hydrogens is 326 g/mol. The number of anilines is 1. The second kappa shape index (κ2) is 9.04. The predicted molar refractivity (Wildman–Crippen MR) is 105 cm³/mol. The molecule has 0 heterocycles. The largest absolute Gasteiger partial charge is 0.497 e. The number of hydrogen-bond acceptors (Lipinski definition) is 4. The van der Waals surface area contributed by atoms with Crippen molar-refractivity contribution in [3.63, 3.8) is 0 Å². The van der Waals surface area contributed by atoms with E-state index in [1.54, 1.807) is 7.11 Å². The van der Waals surface area contributed by atoms with Gasteiger partial charge in [-0.2, -0.15) is 5.10 Å². The number of ether oxygens (including phenoxy) is 1. The minimum atomic E-state index is -0.147. The number of nitrogens with zero attached hydrogens (tertiary/aromatic N) is 1. The molecule has 1 aliphatic rings. The zero-order valence-electron chi connectivity index (χ0n) is 15.1. The van der Waals surface area contributed by atoms with Crippen molar-refractivity contribution in [2.45, 2.75) is 31.6 Å². The predicted octanol–water partition coefficient (Wildman–Crippen LogP) is 3.94. The minimum absolute atomic E-state index is 0.147. The SMILES string of the molecule is COc1ccc(NCC(=O)N/N=C2/CCCC[C@@H]2c2ccccc2)cc1. The highest BCUT2D eigenvalue weighted by Crippen LogP contribution is 2.30. The van der Waals surface area contributed by atoms with Crippen LogP contribution in [0.25, 0.3) is 0 Å². The first kappa shape index (κ1) is 18.0. The molecule has 1 fully saturated rings. The molecule has 136 valence electrons. The number of carbonyl (C=O) groups is 1. The van der Waals surface area contributed by atoms with Crippen LogP contribution in [0.4, 0.5) is 5.69 Å². The molecule has 1 amide bonds. The van der Waals surface area contributed by atoms with Crippen LogP contribution in [-0.2, 0) is 4.79 Å². The topological polar surface area (TPSA) is 62.7 Å². The third-order valence-electron chi connectivity index (χ3n) is 4.65. The van der Waals surface area contributed by atoms with Crippen LogP contribution in [-0.4, -0.2) is 25.3 Å². The Kier molecular flexibility index (Phi) is 6.25.